The van der Waals surface area contributed by atoms with Crippen LogP contribution in [0.25, 0.3) is 0 Å². The largest absolute Gasteiger partial charge is 0.465 e. The lowest BCUT2D eigenvalue weighted by Crippen LogP contribution is -2.48. The third-order valence-corrected chi connectivity index (χ3v) is 4.34. The molecule has 2 heterocycles. The Kier molecular flexibility index (Phi) is 4.40. The van der Waals surface area contributed by atoms with Crippen LogP contribution < -0.4 is 4.90 Å². The Labute approximate surface area is 140 Å². The first-order chi connectivity index (χ1) is 11.5. The second-order valence-corrected chi connectivity index (χ2v) is 6.06. The molecule has 1 atom stereocenters. The van der Waals surface area contributed by atoms with Gasteiger partial charge in [0.1, 0.15) is 6.26 Å². The quantitative estimate of drug-likeness (QED) is 0.808. The molecule has 0 N–H and O–H groups in total. The third-order valence-electron chi connectivity index (χ3n) is 4.34. The van der Waals surface area contributed by atoms with Gasteiger partial charge in [0.15, 0.2) is 5.76 Å². The summed E-state index contributed by atoms with van der Waals surface area (Å²) in [7, 11) is 5.30. The van der Waals surface area contributed by atoms with Crippen LogP contribution in [0.3, 0.4) is 0 Å². The standard InChI is InChI=1S/C18H20N2O4/c1-19(2)14-8-12-6-4-5-7-15(12)20(10-14)17(21)16-9-13(11-24-16)18(22)23-3/h4-7,9,11,14H,8,10H2,1-3H3. The molecule has 1 aliphatic heterocycles. The van der Waals surface area contributed by atoms with Crippen LogP contribution in [0.15, 0.2) is 41.0 Å². The molecule has 1 unspecified atom stereocenters. The van der Waals surface area contributed by atoms with Crippen LogP contribution in [0.5, 0.6) is 0 Å². The van der Waals surface area contributed by atoms with E-state index in [0.717, 1.165) is 17.7 Å². The maximum Gasteiger partial charge on any atom is 0.341 e. The number of fused-ring (bicyclic) bond motifs is 1. The van der Waals surface area contributed by atoms with E-state index < -0.39 is 5.97 Å². The van der Waals surface area contributed by atoms with Crippen LogP contribution in [-0.4, -0.2) is 50.6 Å². The van der Waals surface area contributed by atoms with Crippen LogP contribution in [0.4, 0.5) is 5.69 Å². The molecular weight excluding hydrogens is 308 g/mol. The number of anilines is 1. The zero-order chi connectivity index (χ0) is 17.3. The highest BCUT2D eigenvalue weighted by atomic mass is 16.5. The fraction of sp³-hybridized carbons (Fsp3) is 0.333. The van der Waals surface area contributed by atoms with E-state index in [9.17, 15) is 9.59 Å². The monoisotopic (exact) mass is 328 g/mol. The van der Waals surface area contributed by atoms with Crippen molar-refractivity contribution in [2.75, 3.05) is 32.6 Å². The van der Waals surface area contributed by atoms with Gasteiger partial charge < -0.3 is 19.0 Å². The van der Waals surface area contributed by atoms with Gasteiger partial charge in [0.2, 0.25) is 0 Å². The van der Waals surface area contributed by atoms with Gasteiger partial charge in [-0.2, -0.15) is 0 Å². The van der Waals surface area contributed by atoms with Crippen molar-refractivity contribution < 1.29 is 18.7 Å². The average molecular weight is 328 g/mol. The maximum absolute atomic E-state index is 12.9. The Morgan fingerprint density at radius 2 is 2.04 bits per heavy atom. The highest BCUT2D eigenvalue weighted by Gasteiger charge is 2.31. The van der Waals surface area contributed by atoms with Gasteiger partial charge in [-0.1, -0.05) is 18.2 Å². The first kappa shape index (κ1) is 16.3. The lowest BCUT2D eigenvalue weighted by molar-refractivity contribution is 0.0600. The van der Waals surface area contributed by atoms with Gasteiger partial charge in [-0.05, 0) is 32.1 Å². The maximum atomic E-state index is 12.9. The Morgan fingerprint density at radius 1 is 1.29 bits per heavy atom. The summed E-state index contributed by atoms with van der Waals surface area (Å²) in [5.74, 6) is -0.656. The third kappa shape index (κ3) is 2.92. The van der Waals surface area contributed by atoms with Crippen molar-refractivity contribution in [1.82, 2.24) is 4.90 Å². The van der Waals surface area contributed by atoms with E-state index in [4.69, 9.17) is 4.42 Å². The molecule has 126 valence electrons. The van der Waals surface area contributed by atoms with Crippen LogP contribution >= 0.6 is 0 Å². The Morgan fingerprint density at radius 3 is 2.75 bits per heavy atom. The molecular formula is C18H20N2O4. The summed E-state index contributed by atoms with van der Waals surface area (Å²) in [5, 5.41) is 0. The van der Waals surface area contributed by atoms with E-state index >= 15 is 0 Å². The van der Waals surface area contributed by atoms with Gasteiger partial charge in [0.25, 0.3) is 5.91 Å². The highest BCUT2D eigenvalue weighted by molar-refractivity contribution is 6.06. The molecule has 3 rings (SSSR count). The number of methoxy groups -OCH3 is 1. The number of rotatable bonds is 3. The molecule has 0 aliphatic carbocycles. The van der Waals surface area contributed by atoms with Gasteiger partial charge in [0.05, 0.1) is 12.7 Å². The molecule has 6 heteroatoms. The first-order valence-electron chi connectivity index (χ1n) is 7.74. The number of esters is 1. The van der Waals surface area contributed by atoms with Crippen LogP contribution in [0, 0.1) is 0 Å². The highest BCUT2D eigenvalue weighted by Crippen LogP contribution is 2.30. The molecule has 0 saturated heterocycles. The number of likely N-dealkylation sites (N-methyl/N-ethyl adjacent to an activating group) is 1. The molecule has 24 heavy (non-hydrogen) atoms. The minimum absolute atomic E-state index is 0.129. The van der Waals surface area contributed by atoms with Gasteiger partial charge in [-0.25, -0.2) is 4.79 Å². The molecule has 2 aromatic rings. The number of para-hydroxylation sites is 1. The van der Waals surface area contributed by atoms with Crippen molar-refractivity contribution in [2.24, 2.45) is 0 Å². The van der Waals surface area contributed by atoms with E-state index in [1.807, 2.05) is 38.4 Å². The Hall–Kier alpha value is -2.60. The number of ether oxygens (including phenoxy) is 1. The second-order valence-electron chi connectivity index (χ2n) is 6.06. The lowest BCUT2D eigenvalue weighted by Gasteiger charge is -2.37. The van der Waals surface area contributed by atoms with Crippen molar-refractivity contribution in [3.05, 3.63) is 53.5 Å². The normalized spacial score (nSPS) is 16.8. The van der Waals surface area contributed by atoms with Gasteiger partial charge in [-0.3, -0.25) is 4.79 Å². The predicted octanol–water partition coefficient (Wildman–Crippen LogP) is 2.20. The molecule has 0 radical (unpaired) electrons. The Balaban J connectivity index is 1.93. The summed E-state index contributed by atoms with van der Waals surface area (Å²) in [6, 6.07) is 9.50. The van der Waals surface area contributed by atoms with Crippen molar-refractivity contribution in [3.63, 3.8) is 0 Å². The molecule has 1 aromatic heterocycles. The molecule has 0 spiro atoms. The number of hydrogen-bond donors (Lipinski definition) is 0. The summed E-state index contributed by atoms with van der Waals surface area (Å²) in [6.07, 6.45) is 2.14. The van der Waals surface area contributed by atoms with Crippen molar-refractivity contribution in [3.8, 4) is 0 Å². The van der Waals surface area contributed by atoms with E-state index in [1.54, 1.807) is 4.90 Å². The SMILES string of the molecule is COC(=O)c1coc(C(=O)N2CC(N(C)C)Cc3ccccc32)c1. The smallest absolute Gasteiger partial charge is 0.341 e. The van der Waals surface area contributed by atoms with Crippen molar-refractivity contribution in [2.45, 2.75) is 12.5 Å². The zero-order valence-corrected chi connectivity index (χ0v) is 14.0. The summed E-state index contributed by atoms with van der Waals surface area (Å²) in [5.41, 5.74) is 2.24. The number of carbonyl (C=O) groups is 2. The van der Waals surface area contributed by atoms with E-state index in [0.29, 0.717) is 6.54 Å². The average Bonchev–Trinajstić information content (AvgIpc) is 3.09. The molecule has 0 fully saturated rings. The number of carbonyl (C=O) groups excluding carboxylic acids is 2. The summed E-state index contributed by atoms with van der Waals surface area (Å²) < 4.78 is 9.96. The van der Waals surface area contributed by atoms with Gasteiger partial charge >= 0.3 is 5.97 Å². The van der Waals surface area contributed by atoms with E-state index in [-0.39, 0.29) is 23.3 Å². The fourth-order valence-electron chi connectivity index (χ4n) is 2.92. The number of furan rings is 1. The summed E-state index contributed by atoms with van der Waals surface area (Å²) in [6.45, 7) is 0.567. The van der Waals surface area contributed by atoms with Crippen molar-refractivity contribution in [1.29, 1.82) is 0 Å². The minimum atomic E-state index is -0.525. The number of hydrogen-bond acceptors (Lipinski definition) is 5. The molecule has 0 saturated carbocycles. The molecule has 1 aliphatic rings. The first-order valence-corrected chi connectivity index (χ1v) is 7.74. The zero-order valence-electron chi connectivity index (χ0n) is 14.0. The Bertz CT molecular complexity index is 766. The number of nitrogens with zero attached hydrogens (tertiary/aromatic N) is 2. The van der Waals surface area contributed by atoms with Gasteiger partial charge in [0, 0.05) is 24.3 Å². The number of benzene rings is 1. The molecule has 1 amide bonds. The molecule has 1 aromatic carbocycles. The lowest BCUT2D eigenvalue weighted by atomic mass is 9.97. The fourth-order valence-corrected chi connectivity index (χ4v) is 2.92. The second kappa shape index (κ2) is 6.49. The van der Waals surface area contributed by atoms with Crippen molar-refractivity contribution >= 4 is 17.6 Å². The predicted molar refractivity (Wildman–Crippen MR) is 89.3 cm³/mol. The molecule has 0 bridgehead atoms. The van der Waals surface area contributed by atoms with Crippen LogP contribution in [-0.2, 0) is 11.2 Å². The van der Waals surface area contributed by atoms with Gasteiger partial charge in [-0.15, -0.1) is 0 Å². The number of amides is 1. The molecule has 6 nitrogen and oxygen atoms in total. The minimum Gasteiger partial charge on any atom is -0.465 e. The topological polar surface area (TPSA) is 63.0 Å². The van der Waals surface area contributed by atoms with E-state index in [2.05, 4.69) is 9.64 Å². The van der Waals surface area contributed by atoms with E-state index in [1.165, 1.54) is 19.4 Å². The van der Waals surface area contributed by atoms with Crippen LogP contribution in [0.2, 0.25) is 0 Å². The summed E-state index contributed by atoms with van der Waals surface area (Å²) >= 11 is 0. The van der Waals surface area contributed by atoms with Crippen LogP contribution in [0.1, 0.15) is 26.5 Å². The summed E-state index contributed by atoms with van der Waals surface area (Å²) in [4.78, 5) is 28.3.